The summed E-state index contributed by atoms with van der Waals surface area (Å²) in [7, 11) is 0. The predicted molar refractivity (Wildman–Crippen MR) is 69.1 cm³/mol. The molecular formula is C14H20N2. The van der Waals surface area contributed by atoms with Crippen LogP contribution >= 0.6 is 0 Å². The van der Waals surface area contributed by atoms with E-state index in [-0.39, 0.29) is 0 Å². The maximum Gasteiger partial charge on any atom is 0.0166 e. The van der Waals surface area contributed by atoms with E-state index in [2.05, 4.69) is 41.3 Å². The predicted octanol–water partition coefficient (Wildman–Crippen LogP) is 1.98. The molecule has 86 valence electrons. The Balaban J connectivity index is 1.78. The third-order valence-electron chi connectivity index (χ3n) is 3.18. The summed E-state index contributed by atoms with van der Waals surface area (Å²) in [4.78, 5) is 2.47. The van der Waals surface area contributed by atoms with Gasteiger partial charge in [-0.15, -0.1) is 0 Å². The molecule has 2 rings (SSSR count). The molecule has 1 aliphatic heterocycles. The SMILES string of the molecule is NCC1CCN(CC=Cc2ccccc2)C1. The molecule has 0 aliphatic carbocycles. The van der Waals surface area contributed by atoms with E-state index in [4.69, 9.17) is 5.73 Å². The van der Waals surface area contributed by atoms with Crippen LogP contribution in [0.1, 0.15) is 12.0 Å². The van der Waals surface area contributed by atoms with Gasteiger partial charge < -0.3 is 5.73 Å². The normalized spacial score (nSPS) is 21.9. The van der Waals surface area contributed by atoms with Crippen LogP contribution in [0, 0.1) is 5.92 Å². The van der Waals surface area contributed by atoms with Gasteiger partial charge in [0.2, 0.25) is 0 Å². The van der Waals surface area contributed by atoms with Crippen molar-refractivity contribution in [3.8, 4) is 0 Å². The van der Waals surface area contributed by atoms with Crippen molar-refractivity contribution in [2.45, 2.75) is 6.42 Å². The van der Waals surface area contributed by atoms with Crippen LogP contribution in [0.15, 0.2) is 36.4 Å². The lowest BCUT2D eigenvalue weighted by Crippen LogP contribution is -2.23. The van der Waals surface area contributed by atoms with Crippen LogP contribution in [0.4, 0.5) is 0 Å². The Kier molecular flexibility index (Phi) is 4.14. The van der Waals surface area contributed by atoms with E-state index < -0.39 is 0 Å². The summed E-state index contributed by atoms with van der Waals surface area (Å²) in [6, 6.07) is 10.4. The highest BCUT2D eigenvalue weighted by Gasteiger charge is 2.19. The third kappa shape index (κ3) is 3.19. The molecule has 0 bridgehead atoms. The first-order valence-electron chi connectivity index (χ1n) is 6.02. The van der Waals surface area contributed by atoms with Gasteiger partial charge >= 0.3 is 0 Å². The van der Waals surface area contributed by atoms with Crippen molar-refractivity contribution in [2.75, 3.05) is 26.2 Å². The quantitative estimate of drug-likeness (QED) is 0.834. The lowest BCUT2D eigenvalue weighted by molar-refractivity contribution is 0.361. The molecule has 0 radical (unpaired) electrons. The number of benzene rings is 1. The van der Waals surface area contributed by atoms with Crippen LogP contribution in [0.25, 0.3) is 6.08 Å². The first-order valence-corrected chi connectivity index (χ1v) is 6.02. The molecule has 1 fully saturated rings. The summed E-state index contributed by atoms with van der Waals surface area (Å²) in [6.07, 6.45) is 5.69. The molecule has 2 heteroatoms. The Morgan fingerprint density at radius 3 is 2.81 bits per heavy atom. The Labute approximate surface area is 97.8 Å². The minimum absolute atomic E-state index is 0.713. The van der Waals surface area contributed by atoms with Crippen LogP contribution in [0.2, 0.25) is 0 Å². The average Bonchev–Trinajstić information content (AvgIpc) is 2.78. The largest absolute Gasteiger partial charge is 0.330 e. The minimum atomic E-state index is 0.713. The second kappa shape index (κ2) is 5.83. The summed E-state index contributed by atoms with van der Waals surface area (Å²) in [5.74, 6) is 0.713. The second-order valence-electron chi connectivity index (χ2n) is 4.46. The van der Waals surface area contributed by atoms with E-state index in [1.54, 1.807) is 0 Å². The third-order valence-corrected chi connectivity index (χ3v) is 3.18. The first-order chi connectivity index (χ1) is 7.88. The number of likely N-dealkylation sites (tertiary alicyclic amines) is 1. The van der Waals surface area contributed by atoms with Crippen molar-refractivity contribution in [1.29, 1.82) is 0 Å². The van der Waals surface area contributed by atoms with E-state index in [1.807, 2.05) is 6.07 Å². The van der Waals surface area contributed by atoms with Crippen LogP contribution < -0.4 is 5.73 Å². The smallest absolute Gasteiger partial charge is 0.0166 e. The van der Waals surface area contributed by atoms with Gasteiger partial charge in [0.1, 0.15) is 0 Å². The summed E-state index contributed by atoms with van der Waals surface area (Å²) < 4.78 is 0. The van der Waals surface area contributed by atoms with Crippen LogP contribution in [0.3, 0.4) is 0 Å². The number of hydrogen-bond donors (Lipinski definition) is 1. The molecule has 0 saturated carbocycles. The number of nitrogens with two attached hydrogens (primary N) is 1. The fraction of sp³-hybridized carbons (Fsp3) is 0.429. The number of hydrogen-bond acceptors (Lipinski definition) is 2. The van der Waals surface area contributed by atoms with Gasteiger partial charge in [0.25, 0.3) is 0 Å². The summed E-state index contributed by atoms with van der Waals surface area (Å²) >= 11 is 0. The molecule has 1 aliphatic rings. The first kappa shape index (κ1) is 11.4. The van der Waals surface area contributed by atoms with Crippen molar-refractivity contribution < 1.29 is 0 Å². The van der Waals surface area contributed by atoms with E-state index in [1.165, 1.54) is 18.5 Å². The lowest BCUT2D eigenvalue weighted by Gasteiger charge is -2.12. The zero-order chi connectivity index (χ0) is 11.2. The van der Waals surface area contributed by atoms with Gasteiger partial charge in [0, 0.05) is 13.1 Å². The van der Waals surface area contributed by atoms with E-state index in [0.29, 0.717) is 5.92 Å². The van der Waals surface area contributed by atoms with Crippen molar-refractivity contribution in [3.63, 3.8) is 0 Å². The van der Waals surface area contributed by atoms with Crippen molar-refractivity contribution in [1.82, 2.24) is 4.90 Å². The van der Waals surface area contributed by atoms with E-state index in [9.17, 15) is 0 Å². The standard InChI is InChI=1S/C14H20N2/c15-11-14-8-10-16(12-14)9-4-7-13-5-2-1-3-6-13/h1-7,14H,8-12,15H2. The fourth-order valence-corrected chi connectivity index (χ4v) is 2.17. The van der Waals surface area contributed by atoms with Gasteiger partial charge in [-0.2, -0.15) is 0 Å². The van der Waals surface area contributed by atoms with Crippen LogP contribution in [0.5, 0.6) is 0 Å². The van der Waals surface area contributed by atoms with Crippen molar-refractivity contribution in [2.24, 2.45) is 11.7 Å². The lowest BCUT2D eigenvalue weighted by atomic mass is 10.1. The maximum absolute atomic E-state index is 5.67. The van der Waals surface area contributed by atoms with Gasteiger partial charge in [0.05, 0.1) is 0 Å². The van der Waals surface area contributed by atoms with E-state index in [0.717, 1.165) is 19.6 Å². The maximum atomic E-state index is 5.67. The second-order valence-corrected chi connectivity index (χ2v) is 4.46. The molecule has 0 aromatic heterocycles. The fourth-order valence-electron chi connectivity index (χ4n) is 2.17. The Hall–Kier alpha value is -1.12. The molecule has 2 N–H and O–H groups in total. The summed E-state index contributed by atoms with van der Waals surface area (Å²) in [6.45, 7) is 4.24. The van der Waals surface area contributed by atoms with Gasteiger partial charge in [-0.25, -0.2) is 0 Å². The highest BCUT2D eigenvalue weighted by molar-refractivity contribution is 5.48. The summed E-state index contributed by atoms with van der Waals surface area (Å²) in [5, 5.41) is 0. The Bertz CT molecular complexity index is 332. The van der Waals surface area contributed by atoms with Gasteiger partial charge in [0.15, 0.2) is 0 Å². The van der Waals surface area contributed by atoms with Gasteiger partial charge in [-0.05, 0) is 31.0 Å². The molecule has 0 amide bonds. The molecule has 16 heavy (non-hydrogen) atoms. The highest BCUT2D eigenvalue weighted by atomic mass is 15.1. The zero-order valence-corrected chi connectivity index (χ0v) is 9.68. The molecule has 2 nitrogen and oxygen atoms in total. The van der Waals surface area contributed by atoms with Crippen LogP contribution in [-0.4, -0.2) is 31.1 Å². The molecule has 0 spiro atoms. The van der Waals surface area contributed by atoms with Gasteiger partial charge in [-0.1, -0.05) is 42.5 Å². The zero-order valence-electron chi connectivity index (χ0n) is 9.68. The molecule has 1 saturated heterocycles. The summed E-state index contributed by atoms with van der Waals surface area (Å²) in [5.41, 5.74) is 6.95. The van der Waals surface area contributed by atoms with Gasteiger partial charge in [-0.3, -0.25) is 4.90 Å². The molecule has 1 heterocycles. The van der Waals surface area contributed by atoms with Crippen LogP contribution in [-0.2, 0) is 0 Å². The molecule has 1 aromatic rings. The molecule has 1 unspecified atom stereocenters. The van der Waals surface area contributed by atoms with E-state index >= 15 is 0 Å². The topological polar surface area (TPSA) is 29.3 Å². The molecule has 1 atom stereocenters. The average molecular weight is 216 g/mol. The minimum Gasteiger partial charge on any atom is -0.330 e. The number of nitrogens with zero attached hydrogens (tertiary/aromatic N) is 1. The molecule has 1 aromatic carbocycles. The Morgan fingerprint density at radius 2 is 2.12 bits per heavy atom. The van der Waals surface area contributed by atoms with Crippen molar-refractivity contribution in [3.05, 3.63) is 42.0 Å². The Morgan fingerprint density at radius 1 is 1.31 bits per heavy atom. The number of rotatable bonds is 4. The molecular weight excluding hydrogens is 196 g/mol. The van der Waals surface area contributed by atoms with Crippen molar-refractivity contribution >= 4 is 6.08 Å². The highest BCUT2D eigenvalue weighted by Crippen LogP contribution is 2.14. The monoisotopic (exact) mass is 216 g/mol.